The lowest BCUT2D eigenvalue weighted by molar-refractivity contribution is -0.123. The van der Waals surface area contributed by atoms with E-state index in [1.807, 2.05) is 0 Å². The molecule has 2 heterocycles. The molecule has 2 aliphatic heterocycles. The average Bonchev–Trinajstić information content (AvgIpc) is 1.89. The molecule has 2 saturated heterocycles. The smallest absolute Gasteiger partial charge is 0.220 e. The third-order valence-corrected chi connectivity index (χ3v) is 2.49. The molecule has 68 valence electrons. The molecule has 0 atom stereocenters. The fraction of sp³-hybridized carbons (Fsp3) is 0.875. The van der Waals surface area contributed by atoms with Gasteiger partial charge in [0.2, 0.25) is 5.91 Å². The molecular formula is C8H15N3O. The fourth-order valence-electron chi connectivity index (χ4n) is 1.43. The lowest BCUT2D eigenvalue weighted by atomic mass is 9.98. The van der Waals surface area contributed by atoms with E-state index in [0.29, 0.717) is 18.4 Å². The van der Waals surface area contributed by atoms with Gasteiger partial charge in [-0.05, 0) is 19.0 Å². The van der Waals surface area contributed by atoms with Crippen molar-refractivity contribution in [2.24, 2.45) is 5.92 Å². The van der Waals surface area contributed by atoms with Crippen LogP contribution in [0.1, 0.15) is 6.42 Å². The van der Waals surface area contributed by atoms with Crippen molar-refractivity contribution in [2.75, 3.05) is 26.2 Å². The predicted octanol–water partition coefficient (Wildman–Crippen LogP) is -1.32. The second-order valence-corrected chi connectivity index (χ2v) is 3.65. The third kappa shape index (κ3) is 1.76. The standard InChI is InChI=1S/C8H15N3O/c12-8(1-6-2-9-3-6)11-7-4-10-5-7/h6-7,9-10H,1-5H2,(H,11,12). The van der Waals surface area contributed by atoms with Gasteiger partial charge < -0.3 is 16.0 Å². The first kappa shape index (κ1) is 8.01. The molecule has 3 N–H and O–H groups in total. The Kier molecular flexibility index (Phi) is 2.28. The molecule has 4 nitrogen and oxygen atoms in total. The highest BCUT2D eigenvalue weighted by Crippen LogP contribution is 2.07. The van der Waals surface area contributed by atoms with Gasteiger partial charge in [0.15, 0.2) is 0 Å². The Balaban J connectivity index is 1.62. The first-order valence-electron chi connectivity index (χ1n) is 4.55. The lowest BCUT2D eigenvalue weighted by Crippen LogP contribution is -2.57. The van der Waals surface area contributed by atoms with Crippen LogP contribution in [0.5, 0.6) is 0 Å². The van der Waals surface area contributed by atoms with Gasteiger partial charge >= 0.3 is 0 Å². The average molecular weight is 169 g/mol. The summed E-state index contributed by atoms with van der Waals surface area (Å²) in [5.74, 6) is 0.797. The van der Waals surface area contributed by atoms with Gasteiger partial charge in [-0.1, -0.05) is 0 Å². The number of rotatable bonds is 3. The molecule has 0 aliphatic carbocycles. The maximum atomic E-state index is 11.3. The van der Waals surface area contributed by atoms with Crippen LogP contribution in [0.15, 0.2) is 0 Å². The molecule has 0 spiro atoms. The number of carbonyl (C=O) groups is 1. The van der Waals surface area contributed by atoms with E-state index in [9.17, 15) is 4.79 Å². The largest absolute Gasteiger partial charge is 0.351 e. The van der Waals surface area contributed by atoms with E-state index < -0.39 is 0 Å². The van der Waals surface area contributed by atoms with Crippen LogP contribution in [-0.4, -0.2) is 38.1 Å². The van der Waals surface area contributed by atoms with Crippen LogP contribution in [0, 0.1) is 5.92 Å². The second kappa shape index (κ2) is 3.41. The van der Waals surface area contributed by atoms with Gasteiger partial charge in [-0.2, -0.15) is 0 Å². The van der Waals surface area contributed by atoms with Crippen molar-refractivity contribution in [3.63, 3.8) is 0 Å². The molecule has 0 radical (unpaired) electrons. The molecule has 0 saturated carbocycles. The SMILES string of the molecule is O=C(CC1CNC1)NC1CNC1. The zero-order valence-corrected chi connectivity index (χ0v) is 7.10. The minimum Gasteiger partial charge on any atom is -0.351 e. The van der Waals surface area contributed by atoms with Gasteiger partial charge in [-0.3, -0.25) is 4.79 Å². The van der Waals surface area contributed by atoms with E-state index in [4.69, 9.17) is 0 Å². The number of nitrogens with one attached hydrogen (secondary N) is 3. The summed E-state index contributed by atoms with van der Waals surface area (Å²) >= 11 is 0. The molecular weight excluding hydrogens is 154 g/mol. The van der Waals surface area contributed by atoms with Crippen molar-refractivity contribution in [1.82, 2.24) is 16.0 Å². The van der Waals surface area contributed by atoms with Crippen molar-refractivity contribution in [3.05, 3.63) is 0 Å². The molecule has 4 heteroatoms. The molecule has 0 bridgehead atoms. The molecule has 2 aliphatic rings. The summed E-state index contributed by atoms with van der Waals surface area (Å²) in [6, 6.07) is 0.394. The van der Waals surface area contributed by atoms with Gasteiger partial charge in [0.25, 0.3) is 0 Å². The lowest BCUT2D eigenvalue weighted by Gasteiger charge is -2.30. The van der Waals surface area contributed by atoms with Crippen LogP contribution < -0.4 is 16.0 Å². The van der Waals surface area contributed by atoms with E-state index in [1.54, 1.807) is 0 Å². The van der Waals surface area contributed by atoms with Crippen molar-refractivity contribution >= 4 is 5.91 Å². The van der Waals surface area contributed by atoms with Gasteiger partial charge in [0, 0.05) is 19.5 Å². The minimum absolute atomic E-state index is 0.216. The topological polar surface area (TPSA) is 53.2 Å². The fourth-order valence-corrected chi connectivity index (χ4v) is 1.43. The summed E-state index contributed by atoms with van der Waals surface area (Å²) < 4.78 is 0. The van der Waals surface area contributed by atoms with Crippen LogP contribution in [-0.2, 0) is 4.79 Å². The molecule has 0 aromatic heterocycles. The van der Waals surface area contributed by atoms with Crippen molar-refractivity contribution in [2.45, 2.75) is 12.5 Å². The highest BCUT2D eigenvalue weighted by atomic mass is 16.1. The first-order valence-corrected chi connectivity index (χ1v) is 4.55. The monoisotopic (exact) mass is 169 g/mol. The highest BCUT2D eigenvalue weighted by Gasteiger charge is 2.23. The summed E-state index contributed by atoms with van der Waals surface area (Å²) in [7, 11) is 0. The Hall–Kier alpha value is -0.610. The van der Waals surface area contributed by atoms with Crippen molar-refractivity contribution in [3.8, 4) is 0 Å². The van der Waals surface area contributed by atoms with E-state index in [0.717, 1.165) is 26.2 Å². The maximum Gasteiger partial charge on any atom is 0.220 e. The second-order valence-electron chi connectivity index (χ2n) is 3.65. The number of hydrogen-bond acceptors (Lipinski definition) is 3. The number of hydrogen-bond donors (Lipinski definition) is 3. The summed E-state index contributed by atoms with van der Waals surface area (Å²) in [5.41, 5.74) is 0. The maximum absolute atomic E-state index is 11.3. The Morgan fingerprint density at radius 1 is 1.25 bits per heavy atom. The van der Waals surface area contributed by atoms with Crippen molar-refractivity contribution < 1.29 is 4.79 Å². The van der Waals surface area contributed by atoms with Crippen LogP contribution >= 0.6 is 0 Å². The van der Waals surface area contributed by atoms with E-state index in [-0.39, 0.29) is 5.91 Å². The Morgan fingerprint density at radius 3 is 2.33 bits per heavy atom. The van der Waals surface area contributed by atoms with E-state index in [2.05, 4.69) is 16.0 Å². The zero-order valence-electron chi connectivity index (χ0n) is 7.10. The van der Waals surface area contributed by atoms with Crippen LogP contribution in [0.25, 0.3) is 0 Å². The number of amides is 1. The first-order chi connectivity index (χ1) is 5.84. The van der Waals surface area contributed by atoms with Gasteiger partial charge in [-0.15, -0.1) is 0 Å². The van der Waals surface area contributed by atoms with Gasteiger partial charge in [-0.25, -0.2) is 0 Å². The minimum atomic E-state index is 0.216. The Bertz CT molecular complexity index is 157. The van der Waals surface area contributed by atoms with Crippen LogP contribution in [0.4, 0.5) is 0 Å². The summed E-state index contributed by atoms with van der Waals surface area (Å²) in [6.07, 6.45) is 0.698. The molecule has 2 fully saturated rings. The zero-order chi connectivity index (χ0) is 8.39. The summed E-state index contributed by atoms with van der Waals surface area (Å²) in [5, 5.41) is 9.26. The highest BCUT2D eigenvalue weighted by molar-refractivity contribution is 5.76. The molecule has 2 rings (SSSR count). The Labute approximate surface area is 72.1 Å². The van der Waals surface area contributed by atoms with Crippen LogP contribution in [0.3, 0.4) is 0 Å². The third-order valence-electron chi connectivity index (χ3n) is 2.49. The van der Waals surface area contributed by atoms with Gasteiger partial charge in [0.05, 0.1) is 6.04 Å². The van der Waals surface area contributed by atoms with E-state index in [1.165, 1.54) is 0 Å². The van der Waals surface area contributed by atoms with Crippen molar-refractivity contribution in [1.29, 1.82) is 0 Å². The molecule has 1 amide bonds. The summed E-state index contributed by atoms with van der Waals surface area (Å²) in [6.45, 7) is 3.90. The molecule has 0 unspecified atom stereocenters. The van der Waals surface area contributed by atoms with Gasteiger partial charge in [0.1, 0.15) is 0 Å². The Morgan fingerprint density at radius 2 is 1.92 bits per heavy atom. The quantitative estimate of drug-likeness (QED) is 0.491. The molecule has 0 aromatic rings. The molecule has 0 aromatic carbocycles. The predicted molar refractivity (Wildman–Crippen MR) is 45.8 cm³/mol. The van der Waals surface area contributed by atoms with E-state index >= 15 is 0 Å². The van der Waals surface area contributed by atoms with Crippen LogP contribution in [0.2, 0.25) is 0 Å². The normalized spacial score (nSPS) is 24.3. The molecule has 12 heavy (non-hydrogen) atoms. The number of carbonyl (C=O) groups excluding carboxylic acids is 1. The summed E-state index contributed by atoms with van der Waals surface area (Å²) in [4.78, 5) is 11.3.